The molecule has 0 aromatic carbocycles. The summed E-state index contributed by atoms with van der Waals surface area (Å²) in [5.74, 6) is -8.48. The molecule has 0 atom stereocenters. The molecule has 0 saturated carbocycles. The van der Waals surface area contributed by atoms with E-state index in [1.54, 1.807) is 0 Å². The molecule has 0 aliphatic heterocycles. The molecule has 5 heteroatoms. The van der Waals surface area contributed by atoms with Crippen molar-refractivity contribution in [1.29, 1.82) is 0 Å². The van der Waals surface area contributed by atoms with Crippen molar-refractivity contribution in [2.75, 3.05) is 6.67 Å². The molecule has 0 heterocycles. The van der Waals surface area contributed by atoms with E-state index in [-0.39, 0.29) is 0 Å². The van der Waals surface area contributed by atoms with Gasteiger partial charge in [0.25, 0.3) is 0 Å². The molecule has 0 aromatic rings. The van der Waals surface area contributed by atoms with E-state index in [9.17, 15) is 22.0 Å². The summed E-state index contributed by atoms with van der Waals surface area (Å²) in [4.78, 5) is 0. The predicted octanol–water partition coefficient (Wildman–Crippen LogP) is 3.19. The Morgan fingerprint density at radius 1 is 1.08 bits per heavy atom. The van der Waals surface area contributed by atoms with Crippen molar-refractivity contribution in [1.82, 2.24) is 0 Å². The molecule has 0 unspecified atom stereocenters. The number of halogens is 5. The Hall–Kier alpha value is -0.610. The molecule has 72 valence electrons. The predicted molar refractivity (Wildman–Crippen MR) is 35.3 cm³/mol. The van der Waals surface area contributed by atoms with Crippen LogP contribution in [-0.2, 0) is 0 Å². The molecule has 0 saturated heterocycles. The molecule has 0 fully saturated rings. The largest absolute Gasteiger partial charge is 0.313 e. The van der Waals surface area contributed by atoms with Crippen LogP contribution >= 0.6 is 0 Å². The molecule has 0 amide bonds. The zero-order valence-electron chi connectivity index (χ0n) is 6.30. The molecule has 0 nitrogen and oxygen atoms in total. The molecular weight excluding hydrogens is 179 g/mol. The lowest BCUT2D eigenvalue weighted by atomic mass is 10.1. The number of alkyl halides is 5. The maximum atomic E-state index is 12.4. The summed E-state index contributed by atoms with van der Waals surface area (Å²) in [5, 5.41) is 0. The second kappa shape index (κ2) is 3.87. The van der Waals surface area contributed by atoms with Crippen molar-refractivity contribution in [3.8, 4) is 0 Å². The Kier molecular flexibility index (Phi) is 3.67. The SMILES string of the molecule is C=CCC(F)(F)C(F)(F)CCF. The first-order valence-electron chi connectivity index (χ1n) is 3.30. The monoisotopic (exact) mass is 188 g/mol. The average molecular weight is 188 g/mol. The van der Waals surface area contributed by atoms with Gasteiger partial charge in [-0.15, -0.1) is 6.58 Å². The second-order valence-electron chi connectivity index (χ2n) is 2.34. The zero-order valence-corrected chi connectivity index (χ0v) is 6.30. The fraction of sp³-hybridized carbons (Fsp3) is 0.714. The third-order valence-electron chi connectivity index (χ3n) is 1.34. The molecule has 0 spiro atoms. The van der Waals surface area contributed by atoms with Crippen molar-refractivity contribution in [2.45, 2.75) is 24.7 Å². The minimum absolute atomic E-state index is 0.687. The van der Waals surface area contributed by atoms with Crippen LogP contribution in [0.2, 0.25) is 0 Å². The highest BCUT2D eigenvalue weighted by molar-refractivity contribution is 4.90. The Morgan fingerprint density at radius 2 is 1.58 bits per heavy atom. The Balaban J connectivity index is 4.38. The van der Waals surface area contributed by atoms with E-state index in [2.05, 4.69) is 6.58 Å². The molecular formula is C7H9F5. The van der Waals surface area contributed by atoms with E-state index >= 15 is 0 Å². The summed E-state index contributed by atoms with van der Waals surface area (Å²) < 4.78 is 60.9. The molecule has 0 rings (SSSR count). The lowest BCUT2D eigenvalue weighted by Crippen LogP contribution is -2.40. The maximum absolute atomic E-state index is 12.4. The van der Waals surface area contributed by atoms with Gasteiger partial charge in [0.1, 0.15) is 0 Å². The highest BCUT2D eigenvalue weighted by Gasteiger charge is 2.54. The minimum Gasteiger partial charge on any atom is -0.251 e. The quantitative estimate of drug-likeness (QED) is 0.459. The maximum Gasteiger partial charge on any atom is 0.313 e. The average Bonchev–Trinajstić information content (AvgIpc) is 1.86. The third-order valence-corrected chi connectivity index (χ3v) is 1.34. The number of hydrogen-bond acceptors (Lipinski definition) is 0. The Labute approximate surface area is 67.1 Å². The topological polar surface area (TPSA) is 0 Å². The van der Waals surface area contributed by atoms with Crippen LogP contribution in [-0.4, -0.2) is 18.5 Å². The third kappa shape index (κ3) is 2.46. The van der Waals surface area contributed by atoms with Crippen LogP contribution in [0, 0.1) is 0 Å². The Bertz CT molecular complexity index is 152. The summed E-state index contributed by atoms with van der Waals surface area (Å²) >= 11 is 0. The van der Waals surface area contributed by atoms with Gasteiger partial charge < -0.3 is 0 Å². The summed E-state index contributed by atoms with van der Waals surface area (Å²) in [6, 6.07) is 0. The van der Waals surface area contributed by atoms with E-state index in [4.69, 9.17) is 0 Å². The van der Waals surface area contributed by atoms with Gasteiger partial charge in [-0.3, -0.25) is 4.39 Å². The van der Waals surface area contributed by atoms with Gasteiger partial charge in [0.15, 0.2) is 0 Å². The second-order valence-corrected chi connectivity index (χ2v) is 2.34. The van der Waals surface area contributed by atoms with Crippen LogP contribution in [0.3, 0.4) is 0 Å². The minimum atomic E-state index is -4.28. The van der Waals surface area contributed by atoms with Gasteiger partial charge in [0.2, 0.25) is 0 Å². The molecule has 0 bridgehead atoms. The first-order chi connectivity index (χ1) is 5.37. The lowest BCUT2D eigenvalue weighted by molar-refractivity contribution is -0.210. The summed E-state index contributed by atoms with van der Waals surface area (Å²) in [7, 11) is 0. The van der Waals surface area contributed by atoms with Crippen LogP contribution in [0.15, 0.2) is 12.7 Å². The van der Waals surface area contributed by atoms with Gasteiger partial charge >= 0.3 is 11.8 Å². The van der Waals surface area contributed by atoms with Crippen molar-refractivity contribution in [3.63, 3.8) is 0 Å². The first-order valence-corrected chi connectivity index (χ1v) is 3.30. The van der Waals surface area contributed by atoms with E-state index in [1.807, 2.05) is 0 Å². The van der Waals surface area contributed by atoms with Gasteiger partial charge in [-0.25, -0.2) is 0 Å². The van der Waals surface area contributed by atoms with E-state index < -0.39 is 31.4 Å². The van der Waals surface area contributed by atoms with Gasteiger partial charge in [-0.2, -0.15) is 17.6 Å². The fourth-order valence-electron chi connectivity index (χ4n) is 0.632. The standard InChI is InChI=1S/C7H9F5/c1-2-3-6(9,10)7(11,12)4-5-8/h2H,1,3-5H2. The molecule has 0 aliphatic carbocycles. The Morgan fingerprint density at radius 3 is 1.92 bits per heavy atom. The first kappa shape index (κ1) is 11.4. The normalized spacial score (nSPS) is 13.1. The van der Waals surface area contributed by atoms with Crippen LogP contribution in [0.1, 0.15) is 12.8 Å². The summed E-state index contributed by atoms with van der Waals surface area (Å²) in [5.41, 5.74) is 0. The van der Waals surface area contributed by atoms with Crippen LogP contribution in [0.4, 0.5) is 22.0 Å². The molecule has 0 radical (unpaired) electrons. The summed E-state index contributed by atoms with van der Waals surface area (Å²) in [6.45, 7) is 1.45. The van der Waals surface area contributed by atoms with Gasteiger partial charge in [-0.1, -0.05) is 6.08 Å². The molecule has 0 N–H and O–H groups in total. The van der Waals surface area contributed by atoms with E-state index in [0.29, 0.717) is 6.08 Å². The van der Waals surface area contributed by atoms with E-state index in [1.165, 1.54) is 0 Å². The van der Waals surface area contributed by atoms with Crippen LogP contribution in [0.25, 0.3) is 0 Å². The van der Waals surface area contributed by atoms with Crippen molar-refractivity contribution >= 4 is 0 Å². The highest BCUT2D eigenvalue weighted by Crippen LogP contribution is 2.39. The number of rotatable bonds is 5. The van der Waals surface area contributed by atoms with Gasteiger partial charge in [0, 0.05) is 12.8 Å². The fourth-order valence-corrected chi connectivity index (χ4v) is 0.632. The van der Waals surface area contributed by atoms with Gasteiger partial charge in [-0.05, 0) is 0 Å². The molecule has 12 heavy (non-hydrogen) atoms. The molecule has 0 aromatic heterocycles. The smallest absolute Gasteiger partial charge is 0.251 e. The van der Waals surface area contributed by atoms with Crippen molar-refractivity contribution in [2.24, 2.45) is 0 Å². The lowest BCUT2D eigenvalue weighted by Gasteiger charge is -2.24. The zero-order chi connectivity index (χ0) is 9.83. The highest BCUT2D eigenvalue weighted by atomic mass is 19.3. The molecule has 0 aliphatic rings. The van der Waals surface area contributed by atoms with E-state index in [0.717, 1.165) is 0 Å². The van der Waals surface area contributed by atoms with Crippen LogP contribution in [0.5, 0.6) is 0 Å². The van der Waals surface area contributed by atoms with Crippen molar-refractivity contribution in [3.05, 3.63) is 12.7 Å². The number of allylic oxidation sites excluding steroid dienone is 1. The summed E-state index contributed by atoms with van der Waals surface area (Å²) in [6.07, 6.45) is -1.90. The number of hydrogen-bond donors (Lipinski definition) is 0. The van der Waals surface area contributed by atoms with Crippen LogP contribution < -0.4 is 0 Å². The van der Waals surface area contributed by atoms with Crippen molar-refractivity contribution < 1.29 is 22.0 Å². The van der Waals surface area contributed by atoms with Gasteiger partial charge in [0.05, 0.1) is 6.67 Å².